The van der Waals surface area contributed by atoms with Crippen molar-refractivity contribution < 1.29 is 0 Å². The second kappa shape index (κ2) is 8.73. The van der Waals surface area contributed by atoms with E-state index < -0.39 is 0 Å². The highest BCUT2D eigenvalue weighted by Gasteiger charge is 2.09. The summed E-state index contributed by atoms with van der Waals surface area (Å²) in [5.74, 6) is 0. The van der Waals surface area contributed by atoms with Gasteiger partial charge >= 0.3 is 0 Å². The van der Waals surface area contributed by atoms with E-state index in [1.165, 1.54) is 16.7 Å². The normalized spacial score (nSPS) is 11.0. The molecule has 0 amide bonds. The molecule has 0 radical (unpaired) electrons. The highest BCUT2D eigenvalue weighted by molar-refractivity contribution is 6.31. The van der Waals surface area contributed by atoms with Gasteiger partial charge in [-0.25, -0.2) is 0 Å². The van der Waals surface area contributed by atoms with Crippen LogP contribution in [0.5, 0.6) is 0 Å². The van der Waals surface area contributed by atoms with Gasteiger partial charge in [0.15, 0.2) is 0 Å². The zero-order valence-corrected chi connectivity index (χ0v) is 15.9. The second-order valence-electron chi connectivity index (χ2n) is 6.02. The predicted molar refractivity (Wildman–Crippen MR) is 107 cm³/mol. The van der Waals surface area contributed by atoms with Crippen molar-refractivity contribution in [1.29, 1.82) is 0 Å². The summed E-state index contributed by atoms with van der Waals surface area (Å²) in [5, 5.41) is 2.27. The van der Waals surface area contributed by atoms with Crippen molar-refractivity contribution >= 4 is 34.8 Å². The minimum absolute atomic E-state index is 0.755. The Morgan fingerprint density at radius 3 is 0.920 bits per heavy atom. The summed E-state index contributed by atoms with van der Waals surface area (Å²) in [4.78, 5) is 2.38. The van der Waals surface area contributed by atoms with E-state index in [0.29, 0.717) is 0 Å². The molecule has 0 heterocycles. The Bertz CT molecular complexity index is 683. The predicted octanol–water partition coefficient (Wildman–Crippen LogP) is 6.85. The van der Waals surface area contributed by atoms with Crippen LogP contribution in [0.15, 0.2) is 72.8 Å². The largest absolute Gasteiger partial charge is 0.291 e. The fourth-order valence-electron chi connectivity index (χ4n) is 2.71. The molecule has 0 spiro atoms. The molecule has 3 aromatic rings. The maximum absolute atomic E-state index is 6.00. The summed E-state index contributed by atoms with van der Waals surface area (Å²) in [6.45, 7) is 2.51. The van der Waals surface area contributed by atoms with E-state index in [-0.39, 0.29) is 0 Å². The van der Waals surface area contributed by atoms with Crippen LogP contribution in [0.2, 0.25) is 15.1 Å². The van der Waals surface area contributed by atoms with Gasteiger partial charge in [-0.3, -0.25) is 4.90 Å². The maximum atomic E-state index is 6.00. The molecule has 0 aliphatic rings. The first-order chi connectivity index (χ1) is 12.1. The SMILES string of the molecule is Clc1ccc(CN(Cc2ccc(Cl)cc2)Cc2ccc(Cl)cc2)cc1. The van der Waals surface area contributed by atoms with Crippen LogP contribution >= 0.6 is 34.8 Å². The Kier molecular flexibility index (Phi) is 6.39. The van der Waals surface area contributed by atoms with Crippen LogP contribution < -0.4 is 0 Å². The van der Waals surface area contributed by atoms with Crippen molar-refractivity contribution in [3.63, 3.8) is 0 Å². The van der Waals surface area contributed by atoms with Crippen molar-refractivity contribution in [2.75, 3.05) is 0 Å². The van der Waals surface area contributed by atoms with Gasteiger partial charge in [0.25, 0.3) is 0 Å². The summed E-state index contributed by atoms with van der Waals surface area (Å²) in [5.41, 5.74) is 3.69. The molecule has 0 saturated carbocycles. The van der Waals surface area contributed by atoms with E-state index >= 15 is 0 Å². The highest BCUT2D eigenvalue weighted by atomic mass is 35.5. The molecule has 0 bridgehead atoms. The summed E-state index contributed by atoms with van der Waals surface area (Å²) < 4.78 is 0. The van der Waals surface area contributed by atoms with Gasteiger partial charge in [0.2, 0.25) is 0 Å². The van der Waals surface area contributed by atoms with Crippen molar-refractivity contribution in [2.24, 2.45) is 0 Å². The Morgan fingerprint density at radius 2 is 0.680 bits per heavy atom. The number of hydrogen-bond donors (Lipinski definition) is 0. The molecular weight excluding hydrogens is 373 g/mol. The molecule has 3 rings (SSSR count). The van der Waals surface area contributed by atoms with Crippen molar-refractivity contribution in [2.45, 2.75) is 19.6 Å². The quantitative estimate of drug-likeness (QED) is 0.445. The number of nitrogens with zero attached hydrogens (tertiary/aromatic N) is 1. The topological polar surface area (TPSA) is 3.24 Å². The molecule has 3 aromatic carbocycles. The Labute approximate surface area is 163 Å². The third-order valence-corrected chi connectivity index (χ3v) is 4.71. The van der Waals surface area contributed by atoms with Crippen LogP contribution in [0.4, 0.5) is 0 Å². The molecule has 0 aliphatic carbocycles. The molecular formula is C21H18Cl3N. The van der Waals surface area contributed by atoms with Crippen LogP contribution in [-0.4, -0.2) is 4.90 Å². The molecule has 128 valence electrons. The van der Waals surface area contributed by atoms with Gasteiger partial charge in [-0.15, -0.1) is 0 Å². The average molecular weight is 391 g/mol. The minimum atomic E-state index is 0.755. The lowest BCUT2D eigenvalue weighted by Gasteiger charge is -2.23. The third-order valence-electron chi connectivity index (χ3n) is 3.96. The molecule has 0 fully saturated rings. The summed E-state index contributed by atoms with van der Waals surface area (Å²) in [7, 11) is 0. The zero-order valence-electron chi connectivity index (χ0n) is 13.6. The van der Waals surface area contributed by atoms with E-state index in [1.807, 2.05) is 36.4 Å². The standard InChI is InChI=1S/C21H18Cl3N/c22-19-7-1-16(2-8-19)13-25(14-17-3-9-20(23)10-4-17)15-18-5-11-21(24)12-6-18/h1-12H,13-15H2. The summed E-state index contributed by atoms with van der Waals surface area (Å²) in [6.07, 6.45) is 0. The van der Waals surface area contributed by atoms with Crippen LogP contribution in [0.3, 0.4) is 0 Å². The van der Waals surface area contributed by atoms with Crippen LogP contribution in [0.25, 0.3) is 0 Å². The molecule has 0 aromatic heterocycles. The van der Waals surface area contributed by atoms with Gasteiger partial charge in [-0.2, -0.15) is 0 Å². The van der Waals surface area contributed by atoms with Gasteiger partial charge in [0.1, 0.15) is 0 Å². The Morgan fingerprint density at radius 1 is 0.440 bits per heavy atom. The molecule has 0 N–H and O–H groups in total. The van der Waals surface area contributed by atoms with Crippen LogP contribution in [0, 0.1) is 0 Å². The highest BCUT2D eigenvalue weighted by Crippen LogP contribution is 2.18. The fraction of sp³-hybridized carbons (Fsp3) is 0.143. The fourth-order valence-corrected chi connectivity index (χ4v) is 3.09. The second-order valence-corrected chi connectivity index (χ2v) is 7.33. The maximum Gasteiger partial charge on any atom is 0.0406 e. The van der Waals surface area contributed by atoms with Gasteiger partial charge in [0.05, 0.1) is 0 Å². The smallest absolute Gasteiger partial charge is 0.0406 e. The Balaban J connectivity index is 1.77. The molecule has 4 heteroatoms. The lowest BCUT2D eigenvalue weighted by molar-refractivity contribution is 0.248. The number of rotatable bonds is 6. The molecule has 0 atom stereocenters. The first kappa shape index (κ1) is 18.3. The van der Waals surface area contributed by atoms with Crippen LogP contribution in [-0.2, 0) is 19.6 Å². The van der Waals surface area contributed by atoms with Gasteiger partial charge < -0.3 is 0 Å². The molecule has 25 heavy (non-hydrogen) atoms. The first-order valence-corrected chi connectivity index (χ1v) is 9.17. The number of benzene rings is 3. The molecule has 0 unspecified atom stereocenters. The van der Waals surface area contributed by atoms with E-state index in [2.05, 4.69) is 41.3 Å². The van der Waals surface area contributed by atoms with Gasteiger partial charge in [0, 0.05) is 34.7 Å². The van der Waals surface area contributed by atoms with E-state index in [4.69, 9.17) is 34.8 Å². The summed E-state index contributed by atoms with van der Waals surface area (Å²) >= 11 is 18.0. The lowest BCUT2D eigenvalue weighted by Crippen LogP contribution is -2.22. The van der Waals surface area contributed by atoms with E-state index in [9.17, 15) is 0 Å². The molecule has 1 nitrogen and oxygen atoms in total. The average Bonchev–Trinajstić information content (AvgIpc) is 2.61. The van der Waals surface area contributed by atoms with Gasteiger partial charge in [-0.05, 0) is 53.1 Å². The van der Waals surface area contributed by atoms with E-state index in [1.54, 1.807) is 0 Å². The first-order valence-electron chi connectivity index (χ1n) is 8.04. The minimum Gasteiger partial charge on any atom is -0.291 e. The summed E-state index contributed by atoms with van der Waals surface area (Å²) in [6, 6.07) is 24.0. The molecule has 0 saturated heterocycles. The zero-order chi connectivity index (χ0) is 17.6. The van der Waals surface area contributed by atoms with Crippen molar-refractivity contribution in [1.82, 2.24) is 4.90 Å². The van der Waals surface area contributed by atoms with Crippen LogP contribution in [0.1, 0.15) is 16.7 Å². The van der Waals surface area contributed by atoms with Crippen molar-refractivity contribution in [3.05, 3.63) is 105 Å². The van der Waals surface area contributed by atoms with Gasteiger partial charge in [-0.1, -0.05) is 71.2 Å². The lowest BCUT2D eigenvalue weighted by atomic mass is 10.1. The monoisotopic (exact) mass is 389 g/mol. The third kappa shape index (κ3) is 5.76. The van der Waals surface area contributed by atoms with Crippen molar-refractivity contribution in [3.8, 4) is 0 Å². The number of hydrogen-bond acceptors (Lipinski definition) is 1. The molecule has 0 aliphatic heterocycles. The Hall–Kier alpha value is -1.51. The van der Waals surface area contributed by atoms with E-state index in [0.717, 1.165) is 34.7 Å². The number of halogens is 3.